The Morgan fingerprint density at radius 2 is 1.83 bits per heavy atom. The summed E-state index contributed by atoms with van der Waals surface area (Å²) in [6.45, 7) is 11.5. The third-order valence-corrected chi connectivity index (χ3v) is 4.39. The number of rotatable bonds is 3. The summed E-state index contributed by atoms with van der Waals surface area (Å²) in [5.74, 6) is 0.321. The highest BCUT2D eigenvalue weighted by Gasteiger charge is 2.44. The normalized spacial score (nSPS) is 19.2. The molecule has 3 N–H and O–H groups in total. The number of nitrogens with one attached hydrogen (secondary N) is 1. The van der Waals surface area contributed by atoms with E-state index < -0.39 is 5.60 Å². The molecule has 128 valence electrons. The zero-order chi connectivity index (χ0) is 17.1. The molecule has 0 spiro atoms. The molecule has 1 aromatic rings. The second-order valence-corrected chi connectivity index (χ2v) is 7.37. The van der Waals surface area contributed by atoms with E-state index in [1.165, 1.54) is 5.56 Å². The predicted octanol–water partition coefficient (Wildman–Crippen LogP) is 2.59. The van der Waals surface area contributed by atoms with E-state index in [0.717, 1.165) is 18.8 Å². The van der Waals surface area contributed by atoms with Crippen molar-refractivity contribution in [1.29, 1.82) is 0 Å². The summed E-state index contributed by atoms with van der Waals surface area (Å²) in [5.41, 5.74) is 7.45. The molecule has 0 bridgehead atoms. The molecule has 1 unspecified atom stereocenters. The van der Waals surface area contributed by atoms with Crippen LogP contribution in [0.2, 0.25) is 0 Å². The Hall–Kier alpha value is -1.43. The van der Waals surface area contributed by atoms with E-state index in [1.807, 2.05) is 20.8 Å². The molecule has 1 atom stereocenters. The molecule has 0 radical (unpaired) electrons. The second-order valence-electron chi connectivity index (χ2n) is 7.37. The quantitative estimate of drug-likeness (QED) is 0.840. The first-order chi connectivity index (χ1) is 10.8. The van der Waals surface area contributed by atoms with Gasteiger partial charge in [0.05, 0.1) is 0 Å². The Morgan fingerprint density at radius 1 is 1.26 bits per heavy atom. The first-order valence-corrected chi connectivity index (χ1v) is 8.40. The van der Waals surface area contributed by atoms with Crippen molar-refractivity contribution < 1.29 is 9.53 Å². The minimum absolute atomic E-state index is 0.168. The van der Waals surface area contributed by atoms with Gasteiger partial charge in [-0.05, 0) is 38.8 Å². The van der Waals surface area contributed by atoms with E-state index >= 15 is 0 Å². The van der Waals surface area contributed by atoms with Crippen molar-refractivity contribution in [3.8, 4) is 0 Å². The third-order valence-electron chi connectivity index (χ3n) is 4.39. The van der Waals surface area contributed by atoms with Gasteiger partial charge in [-0.2, -0.15) is 9.28 Å². The van der Waals surface area contributed by atoms with Crippen LogP contribution in [0.3, 0.4) is 0 Å². The van der Waals surface area contributed by atoms with Crippen molar-refractivity contribution in [2.24, 2.45) is 5.73 Å². The van der Waals surface area contributed by atoms with Crippen LogP contribution in [0.25, 0.3) is 0 Å². The number of nitrogens with zero attached hydrogens (tertiary/aromatic N) is 1. The minimum Gasteiger partial charge on any atom is -0.414 e. The lowest BCUT2D eigenvalue weighted by molar-refractivity contribution is 0.0241. The maximum Gasteiger partial charge on any atom is 0.521 e. The van der Waals surface area contributed by atoms with Gasteiger partial charge in [-0.1, -0.05) is 19.1 Å². The van der Waals surface area contributed by atoms with Crippen LogP contribution in [-0.2, 0) is 4.74 Å². The summed E-state index contributed by atoms with van der Waals surface area (Å²) < 4.78 is 5.97. The molecule has 1 aliphatic heterocycles. The Bertz CT molecular complexity index is 528. The van der Waals surface area contributed by atoms with Crippen LogP contribution in [0.15, 0.2) is 24.3 Å². The van der Waals surface area contributed by atoms with Crippen LogP contribution in [0.4, 0.5) is 10.5 Å². The average Bonchev–Trinajstić information content (AvgIpc) is 2.53. The van der Waals surface area contributed by atoms with Crippen LogP contribution in [-0.4, -0.2) is 44.4 Å². The topological polar surface area (TPSA) is 64.4 Å². The van der Waals surface area contributed by atoms with Crippen molar-refractivity contribution in [3.63, 3.8) is 0 Å². The zero-order valence-corrected chi connectivity index (χ0v) is 14.8. The van der Waals surface area contributed by atoms with Crippen molar-refractivity contribution in [3.05, 3.63) is 29.8 Å². The molecule has 2 rings (SSSR count). The van der Waals surface area contributed by atoms with Crippen molar-refractivity contribution in [1.82, 2.24) is 9.80 Å². The molecule has 0 aromatic heterocycles. The van der Waals surface area contributed by atoms with Crippen molar-refractivity contribution in [2.45, 2.75) is 39.2 Å². The number of hydrogen-bond donors (Lipinski definition) is 2. The van der Waals surface area contributed by atoms with Crippen LogP contribution in [0.5, 0.6) is 0 Å². The predicted molar refractivity (Wildman–Crippen MR) is 94.5 cm³/mol. The molecule has 1 aromatic carbocycles. The highest BCUT2D eigenvalue weighted by Crippen LogP contribution is 2.29. The highest BCUT2D eigenvalue weighted by atomic mass is 16.6. The van der Waals surface area contributed by atoms with Gasteiger partial charge >= 0.3 is 6.09 Å². The number of benzene rings is 1. The number of quaternary nitrogens is 1. The van der Waals surface area contributed by atoms with Crippen LogP contribution in [0.1, 0.15) is 39.2 Å². The standard InChI is InChI=1S/C18H30N3O2/c1-14(13-19)15-5-7-16(8-6-15)21(11-9-20-10-12-21)17(22)23-18(2,3)4/h5-8,14,20H,9-13,19H2,1-4H3/q+1. The largest absolute Gasteiger partial charge is 0.521 e. The molecule has 5 heteroatoms. The molecule has 1 saturated heterocycles. The molecular formula is C18H30N3O2+. The molecule has 1 fully saturated rings. The first-order valence-electron chi connectivity index (χ1n) is 8.40. The molecule has 1 heterocycles. The van der Waals surface area contributed by atoms with Gasteiger partial charge in [-0.15, -0.1) is 0 Å². The van der Waals surface area contributed by atoms with Gasteiger partial charge in [-0.3, -0.25) is 0 Å². The molecule has 0 saturated carbocycles. The Labute approximate surface area is 139 Å². The summed E-state index contributed by atoms with van der Waals surface area (Å²) in [7, 11) is 0. The number of carbonyl (C=O) groups is 1. The van der Waals surface area contributed by atoms with E-state index in [1.54, 1.807) is 0 Å². The van der Waals surface area contributed by atoms with Crippen molar-refractivity contribution in [2.75, 3.05) is 32.7 Å². The van der Waals surface area contributed by atoms with Gasteiger partial charge in [0.2, 0.25) is 0 Å². The number of ether oxygens (including phenoxy) is 1. The second kappa shape index (κ2) is 6.99. The number of piperazine rings is 1. The fraction of sp³-hybridized carbons (Fsp3) is 0.611. The molecule has 0 aliphatic carbocycles. The molecule has 1 aliphatic rings. The Morgan fingerprint density at radius 3 is 2.30 bits per heavy atom. The van der Waals surface area contributed by atoms with E-state index in [9.17, 15) is 4.79 Å². The fourth-order valence-electron chi connectivity index (χ4n) is 2.90. The smallest absolute Gasteiger partial charge is 0.414 e. The molecular weight excluding hydrogens is 290 g/mol. The van der Waals surface area contributed by atoms with Crippen LogP contribution in [0, 0.1) is 0 Å². The van der Waals surface area contributed by atoms with E-state index in [4.69, 9.17) is 10.5 Å². The molecule has 23 heavy (non-hydrogen) atoms. The van der Waals surface area contributed by atoms with E-state index in [2.05, 4.69) is 36.5 Å². The van der Waals surface area contributed by atoms with Gasteiger partial charge in [0.15, 0.2) is 0 Å². The lowest BCUT2D eigenvalue weighted by atomic mass is 10.0. The van der Waals surface area contributed by atoms with Gasteiger partial charge in [0, 0.05) is 25.2 Å². The average molecular weight is 320 g/mol. The summed E-state index contributed by atoms with van der Waals surface area (Å²) in [5, 5.41) is 3.33. The molecule has 1 amide bonds. The summed E-state index contributed by atoms with van der Waals surface area (Å²) in [4.78, 5) is 12.9. The van der Waals surface area contributed by atoms with Gasteiger partial charge in [0.1, 0.15) is 24.4 Å². The van der Waals surface area contributed by atoms with Crippen molar-refractivity contribution >= 4 is 11.8 Å². The number of hydrogen-bond acceptors (Lipinski definition) is 4. The number of amides is 1. The first kappa shape index (κ1) is 17.9. The highest BCUT2D eigenvalue weighted by molar-refractivity contribution is 5.83. The minimum atomic E-state index is -0.485. The SMILES string of the molecule is CC(CN)c1ccc([N+]2(C(=O)OC(C)(C)C)CCNCC2)cc1. The van der Waals surface area contributed by atoms with Gasteiger partial charge in [0.25, 0.3) is 0 Å². The lowest BCUT2D eigenvalue weighted by Gasteiger charge is -2.38. The zero-order valence-electron chi connectivity index (χ0n) is 14.8. The third kappa shape index (κ3) is 4.10. The van der Waals surface area contributed by atoms with E-state index in [0.29, 0.717) is 25.6 Å². The van der Waals surface area contributed by atoms with Gasteiger partial charge in [-0.25, -0.2) is 0 Å². The summed E-state index contributed by atoms with van der Waals surface area (Å²) >= 11 is 0. The Kier molecular flexibility index (Phi) is 5.45. The Balaban J connectivity index is 2.32. The fourth-order valence-corrected chi connectivity index (χ4v) is 2.90. The number of nitrogens with two attached hydrogens (primary N) is 1. The maximum atomic E-state index is 12.9. The maximum absolute atomic E-state index is 12.9. The van der Waals surface area contributed by atoms with E-state index in [-0.39, 0.29) is 10.6 Å². The van der Waals surface area contributed by atoms with Gasteiger partial charge < -0.3 is 15.8 Å². The number of carbonyl (C=O) groups excluding carboxylic acids is 1. The monoisotopic (exact) mass is 320 g/mol. The summed E-state index contributed by atoms with van der Waals surface area (Å²) in [6, 6.07) is 8.27. The van der Waals surface area contributed by atoms with Crippen LogP contribution < -0.4 is 15.5 Å². The van der Waals surface area contributed by atoms with Crippen LogP contribution >= 0.6 is 0 Å². The summed E-state index contributed by atoms with van der Waals surface area (Å²) in [6.07, 6.45) is -0.168. The lowest BCUT2D eigenvalue weighted by Crippen LogP contribution is -2.64. The molecule has 5 nitrogen and oxygen atoms in total.